The highest BCUT2D eigenvalue weighted by atomic mass is 15.2. The Balaban J connectivity index is 1.72. The van der Waals surface area contributed by atoms with Crippen LogP contribution in [0.4, 0.5) is 0 Å². The van der Waals surface area contributed by atoms with Gasteiger partial charge in [0.2, 0.25) is 0 Å². The van der Waals surface area contributed by atoms with Gasteiger partial charge in [-0.2, -0.15) is 0 Å². The summed E-state index contributed by atoms with van der Waals surface area (Å²) in [5.74, 6) is 0.822. The molecule has 1 aliphatic heterocycles. The Labute approximate surface area is 149 Å². The van der Waals surface area contributed by atoms with E-state index in [2.05, 4.69) is 64.8 Å². The molecule has 0 spiro atoms. The van der Waals surface area contributed by atoms with Gasteiger partial charge in [0.15, 0.2) is 0 Å². The minimum absolute atomic E-state index is 0.574. The molecular weight excluding hydrogens is 304 g/mol. The SMILES string of the molecule is c1ccc2c(c1)cc([C@@H](C1CCC1)N1CCNCC1)c1ccccc12. The van der Waals surface area contributed by atoms with Crippen LogP contribution in [0.3, 0.4) is 0 Å². The summed E-state index contributed by atoms with van der Waals surface area (Å²) >= 11 is 0. The summed E-state index contributed by atoms with van der Waals surface area (Å²) in [7, 11) is 0. The van der Waals surface area contributed by atoms with E-state index in [9.17, 15) is 0 Å². The van der Waals surface area contributed by atoms with Gasteiger partial charge in [-0.15, -0.1) is 0 Å². The summed E-state index contributed by atoms with van der Waals surface area (Å²) < 4.78 is 0. The van der Waals surface area contributed by atoms with Gasteiger partial charge in [0.1, 0.15) is 0 Å². The van der Waals surface area contributed by atoms with Crippen molar-refractivity contribution in [2.75, 3.05) is 26.2 Å². The zero-order valence-electron chi connectivity index (χ0n) is 14.7. The van der Waals surface area contributed by atoms with Crippen molar-refractivity contribution >= 4 is 21.5 Å². The average Bonchev–Trinajstić information content (AvgIpc) is 2.65. The third-order valence-electron chi connectivity index (χ3n) is 6.26. The van der Waals surface area contributed by atoms with Crippen molar-refractivity contribution in [3.63, 3.8) is 0 Å². The molecule has 2 nitrogen and oxygen atoms in total. The Bertz CT molecular complexity index is 891. The summed E-state index contributed by atoms with van der Waals surface area (Å²) in [5, 5.41) is 9.16. The standard InChI is InChI=1S/C23H26N2/c1-2-9-19-18(6-1)16-22(21-11-4-3-10-20(19)21)23(17-7-5-8-17)25-14-12-24-13-15-25/h1-4,6,9-11,16-17,23-24H,5,7-8,12-15H2/t23-/m1/s1. The fourth-order valence-electron chi connectivity index (χ4n) is 4.79. The van der Waals surface area contributed by atoms with E-state index < -0.39 is 0 Å². The van der Waals surface area contributed by atoms with Crippen molar-refractivity contribution in [3.8, 4) is 0 Å². The number of nitrogens with one attached hydrogen (secondary N) is 1. The topological polar surface area (TPSA) is 15.3 Å². The fourth-order valence-corrected chi connectivity index (χ4v) is 4.79. The normalized spacial score (nSPS) is 20.6. The van der Waals surface area contributed by atoms with Gasteiger partial charge in [0.25, 0.3) is 0 Å². The molecular formula is C23H26N2. The lowest BCUT2D eigenvalue weighted by Gasteiger charge is -2.43. The van der Waals surface area contributed by atoms with Crippen molar-refractivity contribution in [2.45, 2.75) is 25.3 Å². The molecule has 1 aliphatic carbocycles. The maximum atomic E-state index is 3.52. The highest BCUT2D eigenvalue weighted by molar-refractivity contribution is 6.09. The number of hydrogen-bond acceptors (Lipinski definition) is 2. The van der Waals surface area contributed by atoms with Gasteiger partial charge in [-0.1, -0.05) is 55.0 Å². The second-order valence-corrected chi connectivity index (χ2v) is 7.65. The number of benzene rings is 3. The summed E-state index contributed by atoms with van der Waals surface area (Å²) in [6.07, 6.45) is 4.17. The minimum atomic E-state index is 0.574. The maximum absolute atomic E-state index is 3.52. The van der Waals surface area contributed by atoms with Crippen molar-refractivity contribution in [1.29, 1.82) is 0 Å². The van der Waals surface area contributed by atoms with Crippen LogP contribution < -0.4 is 5.32 Å². The molecule has 1 saturated heterocycles. The Morgan fingerprint density at radius 2 is 1.52 bits per heavy atom. The lowest BCUT2D eigenvalue weighted by molar-refractivity contribution is 0.0847. The van der Waals surface area contributed by atoms with Crippen LogP contribution in [0.2, 0.25) is 0 Å². The van der Waals surface area contributed by atoms with Crippen LogP contribution in [-0.4, -0.2) is 31.1 Å². The molecule has 5 rings (SSSR count). The average molecular weight is 330 g/mol. The lowest BCUT2D eigenvalue weighted by atomic mass is 9.75. The second kappa shape index (κ2) is 6.44. The maximum Gasteiger partial charge on any atom is 0.0383 e. The largest absolute Gasteiger partial charge is 0.314 e. The zero-order chi connectivity index (χ0) is 16.6. The summed E-state index contributed by atoms with van der Waals surface area (Å²) in [6, 6.07) is 21.0. The van der Waals surface area contributed by atoms with Gasteiger partial charge in [-0.05, 0) is 51.9 Å². The molecule has 0 bridgehead atoms. The smallest absolute Gasteiger partial charge is 0.0383 e. The van der Waals surface area contributed by atoms with Crippen LogP contribution in [0.1, 0.15) is 30.9 Å². The molecule has 1 atom stereocenters. The summed E-state index contributed by atoms with van der Waals surface area (Å²) in [6.45, 7) is 4.58. The highest BCUT2D eigenvalue weighted by Gasteiger charge is 2.34. The van der Waals surface area contributed by atoms with Crippen molar-refractivity contribution < 1.29 is 0 Å². The van der Waals surface area contributed by atoms with Gasteiger partial charge in [-0.25, -0.2) is 0 Å². The predicted octanol–water partition coefficient (Wildman–Crippen LogP) is 4.74. The fraction of sp³-hybridized carbons (Fsp3) is 0.391. The number of nitrogens with zero attached hydrogens (tertiary/aromatic N) is 1. The lowest BCUT2D eigenvalue weighted by Crippen LogP contribution is -2.47. The number of rotatable bonds is 3. The molecule has 128 valence electrons. The van der Waals surface area contributed by atoms with E-state index in [1.54, 1.807) is 5.56 Å². The van der Waals surface area contributed by atoms with Gasteiger partial charge >= 0.3 is 0 Å². The Morgan fingerprint density at radius 3 is 2.24 bits per heavy atom. The van der Waals surface area contributed by atoms with E-state index in [4.69, 9.17) is 0 Å². The first-order valence-electron chi connectivity index (χ1n) is 9.77. The van der Waals surface area contributed by atoms with E-state index >= 15 is 0 Å². The van der Waals surface area contributed by atoms with E-state index in [1.165, 1.54) is 53.9 Å². The zero-order valence-corrected chi connectivity index (χ0v) is 14.7. The molecule has 25 heavy (non-hydrogen) atoms. The van der Waals surface area contributed by atoms with E-state index in [0.29, 0.717) is 6.04 Å². The molecule has 0 radical (unpaired) electrons. The first kappa shape index (κ1) is 15.4. The summed E-state index contributed by atoms with van der Waals surface area (Å²) in [4.78, 5) is 2.75. The molecule has 2 heteroatoms. The molecule has 1 saturated carbocycles. The first-order valence-corrected chi connectivity index (χ1v) is 9.77. The highest BCUT2D eigenvalue weighted by Crippen LogP contribution is 2.44. The van der Waals surface area contributed by atoms with Crippen LogP contribution >= 0.6 is 0 Å². The molecule has 0 amide bonds. The van der Waals surface area contributed by atoms with E-state index in [0.717, 1.165) is 19.0 Å². The van der Waals surface area contributed by atoms with E-state index in [1.807, 2.05) is 0 Å². The number of piperazine rings is 1. The minimum Gasteiger partial charge on any atom is -0.314 e. The van der Waals surface area contributed by atoms with E-state index in [-0.39, 0.29) is 0 Å². The number of fused-ring (bicyclic) bond motifs is 3. The molecule has 2 fully saturated rings. The van der Waals surface area contributed by atoms with Crippen LogP contribution in [0, 0.1) is 5.92 Å². The molecule has 1 heterocycles. The Hall–Kier alpha value is -1.90. The van der Waals surface area contributed by atoms with Crippen LogP contribution in [-0.2, 0) is 0 Å². The van der Waals surface area contributed by atoms with Crippen molar-refractivity contribution in [2.24, 2.45) is 5.92 Å². The molecule has 1 N–H and O–H groups in total. The summed E-state index contributed by atoms with van der Waals surface area (Å²) in [5.41, 5.74) is 1.56. The van der Waals surface area contributed by atoms with Gasteiger partial charge < -0.3 is 5.32 Å². The second-order valence-electron chi connectivity index (χ2n) is 7.65. The van der Waals surface area contributed by atoms with Gasteiger partial charge in [0.05, 0.1) is 0 Å². The van der Waals surface area contributed by atoms with Crippen LogP contribution in [0.5, 0.6) is 0 Å². The molecule has 0 aromatic heterocycles. The molecule has 3 aromatic rings. The van der Waals surface area contributed by atoms with Crippen LogP contribution in [0.15, 0.2) is 54.6 Å². The quantitative estimate of drug-likeness (QED) is 0.698. The third kappa shape index (κ3) is 2.65. The first-order chi connectivity index (χ1) is 12.4. The van der Waals surface area contributed by atoms with Gasteiger partial charge in [0, 0.05) is 32.2 Å². The monoisotopic (exact) mass is 330 g/mol. The Kier molecular flexibility index (Phi) is 3.95. The van der Waals surface area contributed by atoms with Crippen LogP contribution in [0.25, 0.3) is 21.5 Å². The van der Waals surface area contributed by atoms with Gasteiger partial charge in [-0.3, -0.25) is 4.90 Å². The predicted molar refractivity (Wildman–Crippen MR) is 106 cm³/mol. The third-order valence-corrected chi connectivity index (χ3v) is 6.26. The van der Waals surface area contributed by atoms with Crippen molar-refractivity contribution in [1.82, 2.24) is 10.2 Å². The van der Waals surface area contributed by atoms with Crippen molar-refractivity contribution in [3.05, 3.63) is 60.2 Å². The number of hydrogen-bond donors (Lipinski definition) is 1. The molecule has 3 aromatic carbocycles. The molecule has 2 aliphatic rings. The molecule has 0 unspecified atom stereocenters. The Morgan fingerprint density at radius 1 is 0.840 bits per heavy atom.